The Morgan fingerprint density at radius 1 is 1.33 bits per heavy atom. The molecule has 0 radical (unpaired) electrons. The van der Waals surface area contributed by atoms with Crippen LogP contribution < -0.4 is 11.6 Å². The number of halogens is 1. The lowest BCUT2D eigenvalue weighted by Gasteiger charge is -2.35. The summed E-state index contributed by atoms with van der Waals surface area (Å²) in [6.07, 6.45) is 3.09. The molecule has 0 spiro atoms. The summed E-state index contributed by atoms with van der Waals surface area (Å²) >= 11 is 0. The SMILES string of the molecule is C=C(/C(N)=N/N)N1CCC(Cc2ccc(F)cc2C(C)(C)C)CC1. The minimum atomic E-state index is -0.161. The third-order valence-corrected chi connectivity index (χ3v) is 4.82. The smallest absolute Gasteiger partial charge is 0.166 e. The van der Waals surface area contributed by atoms with Crippen molar-refractivity contribution in [3.05, 3.63) is 47.4 Å². The number of likely N-dealkylation sites (tertiary alicyclic amines) is 1. The third-order valence-electron chi connectivity index (χ3n) is 4.82. The molecular weight excluding hydrogens is 303 g/mol. The van der Waals surface area contributed by atoms with Crippen LogP contribution in [0.2, 0.25) is 0 Å². The lowest BCUT2D eigenvalue weighted by atomic mass is 9.80. The molecule has 0 atom stereocenters. The van der Waals surface area contributed by atoms with Crippen LogP contribution in [0.1, 0.15) is 44.7 Å². The number of rotatable bonds is 4. The van der Waals surface area contributed by atoms with Gasteiger partial charge in [0.05, 0.1) is 5.70 Å². The normalized spacial score (nSPS) is 17.2. The highest BCUT2D eigenvalue weighted by atomic mass is 19.1. The third kappa shape index (κ3) is 4.28. The zero-order valence-electron chi connectivity index (χ0n) is 15.0. The van der Waals surface area contributed by atoms with Crippen LogP contribution in [-0.2, 0) is 11.8 Å². The van der Waals surface area contributed by atoms with Crippen molar-refractivity contribution in [2.75, 3.05) is 13.1 Å². The van der Waals surface area contributed by atoms with Crippen LogP contribution in [0.4, 0.5) is 4.39 Å². The van der Waals surface area contributed by atoms with Gasteiger partial charge in [0, 0.05) is 13.1 Å². The van der Waals surface area contributed by atoms with Crippen LogP contribution in [0.25, 0.3) is 0 Å². The molecule has 0 unspecified atom stereocenters. The van der Waals surface area contributed by atoms with Crippen LogP contribution >= 0.6 is 0 Å². The van der Waals surface area contributed by atoms with Crippen molar-refractivity contribution in [2.24, 2.45) is 22.6 Å². The molecule has 1 aliphatic heterocycles. The monoisotopic (exact) mass is 332 g/mol. The fraction of sp³-hybridized carbons (Fsp3) is 0.526. The zero-order valence-corrected chi connectivity index (χ0v) is 15.0. The van der Waals surface area contributed by atoms with Crippen LogP contribution in [0.15, 0.2) is 35.6 Å². The summed E-state index contributed by atoms with van der Waals surface area (Å²) < 4.78 is 13.7. The highest BCUT2D eigenvalue weighted by molar-refractivity contribution is 5.95. The molecule has 1 heterocycles. The molecule has 2 rings (SSSR count). The summed E-state index contributed by atoms with van der Waals surface area (Å²) in [5.41, 5.74) is 8.74. The number of piperidine rings is 1. The number of hydrogen-bond acceptors (Lipinski definition) is 3. The second kappa shape index (κ2) is 7.24. The summed E-state index contributed by atoms with van der Waals surface area (Å²) in [6, 6.07) is 5.20. The second-order valence-electron chi connectivity index (χ2n) is 7.65. The second-order valence-corrected chi connectivity index (χ2v) is 7.65. The Morgan fingerprint density at radius 3 is 2.50 bits per heavy atom. The fourth-order valence-corrected chi connectivity index (χ4v) is 3.38. The Hall–Kier alpha value is -2.04. The van der Waals surface area contributed by atoms with Gasteiger partial charge < -0.3 is 16.5 Å². The van der Waals surface area contributed by atoms with Crippen LogP contribution in [0.5, 0.6) is 0 Å². The molecule has 1 aromatic carbocycles. The van der Waals surface area contributed by atoms with E-state index in [9.17, 15) is 4.39 Å². The van der Waals surface area contributed by atoms with E-state index in [0.717, 1.165) is 37.9 Å². The molecule has 4 nitrogen and oxygen atoms in total. The van der Waals surface area contributed by atoms with Gasteiger partial charge in [-0.2, -0.15) is 5.10 Å². The van der Waals surface area contributed by atoms with E-state index >= 15 is 0 Å². The predicted octanol–water partition coefficient (Wildman–Crippen LogP) is 3.12. The Balaban J connectivity index is 2.04. The Bertz CT molecular complexity index is 623. The first-order chi connectivity index (χ1) is 11.2. The number of amidine groups is 1. The molecule has 24 heavy (non-hydrogen) atoms. The van der Waals surface area contributed by atoms with E-state index < -0.39 is 0 Å². The lowest BCUT2D eigenvalue weighted by Crippen LogP contribution is -2.38. The fourth-order valence-electron chi connectivity index (χ4n) is 3.38. The first-order valence-electron chi connectivity index (χ1n) is 8.49. The van der Waals surface area contributed by atoms with Gasteiger partial charge in [-0.3, -0.25) is 0 Å². The van der Waals surface area contributed by atoms with E-state index in [0.29, 0.717) is 17.5 Å². The van der Waals surface area contributed by atoms with Gasteiger partial charge in [-0.1, -0.05) is 33.4 Å². The van der Waals surface area contributed by atoms with Crippen molar-refractivity contribution in [3.8, 4) is 0 Å². The number of hydrogen-bond donors (Lipinski definition) is 2. The number of nitrogens with two attached hydrogens (primary N) is 2. The van der Waals surface area contributed by atoms with Gasteiger partial charge in [0.2, 0.25) is 0 Å². The maximum absolute atomic E-state index is 13.7. The largest absolute Gasteiger partial charge is 0.381 e. The topological polar surface area (TPSA) is 67.6 Å². The molecule has 5 heteroatoms. The van der Waals surface area contributed by atoms with E-state index in [1.165, 1.54) is 5.56 Å². The molecule has 4 N–H and O–H groups in total. The molecule has 0 amide bonds. The van der Waals surface area contributed by atoms with Gasteiger partial charge in [-0.25, -0.2) is 4.39 Å². The van der Waals surface area contributed by atoms with Crippen LogP contribution in [-0.4, -0.2) is 23.8 Å². The first-order valence-corrected chi connectivity index (χ1v) is 8.49. The molecule has 1 aliphatic rings. The molecule has 0 bridgehead atoms. The Morgan fingerprint density at radius 2 is 1.96 bits per heavy atom. The summed E-state index contributed by atoms with van der Waals surface area (Å²) in [6.45, 7) is 12.1. The predicted molar refractivity (Wildman–Crippen MR) is 98.1 cm³/mol. The highest BCUT2D eigenvalue weighted by Crippen LogP contribution is 2.31. The van der Waals surface area contributed by atoms with E-state index in [-0.39, 0.29) is 11.2 Å². The van der Waals surface area contributed by atoms with Gasteiger partial charge in [0.15, 0.2) is 5.84 Å². The van der Waals surface area contributed by atoms with Crippen LogP contribution in [0.3, 0.4) is 0 Å². The maximum atomic E-state index is 13.7. The minimum Gasteiger partial charge on any atom is -0.381 e. The lowest BCUT2D eigenvalue weighted by molar-refractivity contribution is 0.234. The summed E-state index contributed by atoms with van der Waals surface area (Å²) in [5.74, 6) is 5.94. The highest BCUT2D eigenvalue weighted by Gasteiger charge is 2.24. The maximum Gasteiger partial charge on any atom is 0.166 e. The molecule has 132 valence electrons. The minimum absolute atomic E-state index is 0.0571. The van der Waals surface area contributed by atoms with Gasteiger partial charge >= 0.3 is 0 Å². The Labute approximate surface area is 144 Å². The van der Waals surface area contributed by atoms with E-state index in [4.69, 9.17) is 11.6 Å². The standard InChI is InChI=1S/C19H29FN4/c1-13(18(21)23-22)24-9-7-14(8-10-24)11-15-5-6-16(20)12-17(15)19(2,3)4/h5-6,12,14H,1,7-11,22H2,2-4H3,(H2,21,23). The quantitative estimate of drug-likeness (QED) is 0.385. The molecule has 1 aromatic rings. The molecule has 0 aromatic heterocycles. The van der Waals surface area contributed by atoms with Crippen LogP contribution in [0, 0.1) is 11.7 Å². The summed E-state index contributed by atoms with van der Waals surface area (Å²) in [4.78, 5) is 2.14. The average molecular weight is 332 g/mol. The summed E-state index contributed by atoms with van der Waals surface area (Å²) in [5, 5.41) is 3.51. The first kappa shape index (κ1) is 18.3. The van der Waals surface area contributed by atoms with E-state index in [1.54, 1.807) is 12.1 Å². The molecule has 0 aliphatic carbocycles. The van der Waals surface area contributed by atoms with Gasteiger partial charge in [0.1, 0.15) is 5.82 Å². The van der Waals surface area contributed by atoms with Crippen molar-refractivity contribution in [1.29, 1.82) is 0 Å². The number of hydrazone groups is 1. The van der Waals surface area contributed by atoms with Crippen molar-refractivity contribution < 1.29 is 4.39 Å². The average Bonchev–Trinajstić information content (AvgIpc) is 2.55. The molecule has 1 fully saturated rings. The van der Waals surface area contributed by atoms with Crippen molar-refractivity contribution >= 4 is 5.84 Å². The van der Waals surface area contributed by atoms with Gasteiger partial charge in [0.25, 0.3) is 0 Å². The zero-order chi connectivity index (χ0) is 17.9. The number of benzene rings is 1. The van der Waals surface area contributed by atoms with Crippen molar-refractivity contribution in [2.45, 2.75) is 45.4 Å². The molecule has 1 saturated heterocycles. The molecule has 0 saturated carbocycles. The van der Waals surface area contributed by atoms with E-state index in [1.807, 2.05) is 6.07 Å². The van der Waals surface area contributed by atoms with E-state index in [2.05, 4.69) is 37.4 Å². The Kier molecular flexibility index (Phi) is 5.52. The molecular formula is C19H29FN4. The van der Waals surface area contributed by atoms with Gasteiger partial charge in [-0.05, 0) is 53.9 Å². The summed E-state index contributed by atoms with van der Waals surface area (Å²) in [7, 11) is 0. The van der Waals surface area contributed by atoms with Crippen molar-refractivity contribution in [1.82, 2.24) is 4.90 Å². The number of nitrogens with zero attached hydrogens (tertiary/aromatic N) is 2. The van der Waals surface area contributed by atoms with Gasteiger partial charge in [-0.15, -0.1) is 0 Å². The van der Waals surface area contributed by atoms with Crippen molar-refractivity contribution in [3.63, 3.8) is 0 Å².